The summed E-state index contributed by atoms with van der Waals surface area (Å²) in [5.41, 5.74) is 3.10. The van der Waals surface area contributed by atoms with Crippen LogP contribution in [0.25, 0.3) is 21.8 Å². The summed E-state index contributed by atoms with van der Waals surface area (Å²) in [6.07, 6.45) is 1.92. The summed E-state index contributed by atoms with van der Waals surface area (Å²) in [7, 11) is 0. The molecule has 0 spiro atoms. The van der Waals surface area contributed by atoms with Crippen LogP contribution in [0.5, 0.6) is 0 Å². The number of rotatable bonds is 3. The van der Waals surface area contributed by atoms with E-state index in [-0.39, 0.29) is 6.10 Å². The Morgan fingerprint density at radius 2 is 1.85 bits per heavy atom. The maximum atomic E-state index is 6.34. The molecule has 1 aliphatic heterocycles. The molecule has 1 aliphatic rings. The highest BCUT2D eigenvalue weighted by Crippen LogP contribution is 2.38. The van der Waals surface area contributed by atoms with Gasteiger partial charge in [-0.3, -0.25) is 0 Å². The van der Waals surface area contributed by atoms with Crippen molar-refractivity contribution >= 4 is 21.8 Å². The molecule has 0 amide bonds. The van der Waals surface area contributed by atoms with Gasteiger partial charge in [0.1, 0.15) is 0 Å². The van der Waals surface area contributed by atoms with Crippen LogP contribution in [0, 0.1) is 0 Å². The van der Waals surface area contributed by atoms with Crippen LogP contribution in [0.4, 0.5) is 0 Å². The van der Waals surface area contributed by atoms with Gasteiger partial charge in [0.15, 0.2) is 0 Å². The molecule has 4 nitrogen and oxygen atoms in total. The predicted molar refractivity (Wildman–Crippen MR) is 102 cm³/mol. The SMILES string of the molecule is CC1COC(Cn2cnc3ccccc32)(c2ccc3ccccc3c2)O1. The average Bonchev–Trinajstić information content (AvgIpc) is 3.26. The van der Waals surface area contributed by atoms with Gasteiger partial charge in [-0.15, -0.1) is 0 Å². The summed E-state index contributed by atoms with van der Waals surface area (Å²) >= 11 is 0. The molecule has 130 valence electrons. The van der Waals surface area contributed by atoms with Crippen LogP contribution in [0.2, 0.25) is 0 Å². The third-order valence-corrected chi connectivity index (χ3v) is 5.04. The summed E-state index contributed by atoms with van der Waals surface area (Å²) in [6, 6.07) is 22.9. The van der Waals surface area contributed by atoms with E-state index in [0.29, 0.717) is 13.2 Å². The number of para-hydroxylation sites is 2. The van der Waals surface area contributed by atoms with Gasteiger partial charge in [-0.2, -0.15) is 0 Å². The molecule has 0 saturated carbocycles. The van der Waals surface area contributed by atoms with Crippen LogP contribution < -0.4 is 0 Å². The molecule has 0 aliphatic carbocycles. The van der Waals surface area contributed by atoms with Gasteiger partial charge in [-0.05, 0) is 35.9 Å². The van der Waals surface area contributed by atoms with Crippen LogP contribution in [-0.4, -0.2) is 22.3 Å². The number of imidazole rings is 1. The maximum absolute atomic E-state index is 6.34. The van der Waals surface area contributed by atoms with Gasteiger partial charge in [-0.1, -0.05) is 48.5 Å². The second-order valence-electron chi connectivity index (χ2n) is 6.92. The second kappa shape index (κ2) is 5.94. The minimum absolute atomic E-state index is 0.0521. The van der Waals surface area contributed by atoms with Crippen molar-refractivity contribution in [2.75, 3.05) is 6.61 Å². The zero-order valence-electron chi connectivity index (χ0n) is 14.6. The Hall–Kier alpha value is -2.69. The Kier molecular flexibility index (Phi) is 3.55. The number of aromatic nitrogens is 2. The van der Waals surface area contributed by atoms with Crippen molar-refractivity contribution < 1.29 is 9.47 Å². The molecule has 1 saturated heterocycles. The largest absolute Gasteiger partial charge is 0.342 e. The highest BCUT2D eigenvalue weighted by Gasteiger charge is 2.42. The van der Waals surface area contributed by atoms with Crippen molar-refractivity contribution in [3.05, 3.63) is 78.6 Å². The van der Waals surface area contributed by atoms with Crippen molar-refractivity contribution in [2.24, 2.45) is 0 Å². The zero-order chi connectivity index (χ0) is 17.6. The molecule has 26 heavy (non-hydrogen) atoms. The molecule has 0 radical (unpaired) electrons. The molecule has 0 bridgehead atoms. The minimum Gasteiger partial charge on any atom is -0.342 e. The molecule has 1 fully saturated rings. The van der Waals surface area contributed by atoms with Crippen molar-refractivity contribution in [1.82, 2.24) is 9.55 Å². The molecule has 0 N–H and O–H groups in total. The first-order chi connectivity index (χ1) is 12.7. The van der Waals surface area contributed by atoms with Crippen LogP contribution >= 0.6 is 0 Å². The number of fused-ring (bicyclic) bond motifs is 2. The standard InChI is InChI=1S/C22H20N2O2/c1-16-13-25-22(26-16,14-24-15-23-20-8-4-5-9-21(20)24)19-11-10-17-6-2-3-7-18(17)12-19/h2-12,15-16H,13-14H2,1H3. The lowest BCUT2D eigenvalue weighted by atomic mass is 10.0. The van der Waals surface area contributed by atoms with Crippen LogP contribution in [0.15, 0.2) is 73.1 Å². The second-order valence-corrected chi connectivity index (χ2v) is 6.92. The molecular weight excluding hydrogens is 324 g/mol. The highest BCUT2D eigenvalue weighted by molar-refractivity contribution is 5.83. The Labute approximate surface area is 152 Å². The lowest BCUT2D eigenvalue weighted by Gasteiger charge is -2.29. The molecule has 4 heteroatoms. The van der Waals surface area contributed by atoms with E-state index in [4.69, 9.17) is 9.47 Å². The van der Waals surface area contributed by atoms with Crippen molar-refractivity contribution in [3.63, 3.8) is 0 Å². The van der Waals surface area contributed by atoms with Crippen LogP contribution in [0.1, 0.15) is 12.5 Å². The maximum Gasteiger partial charge on any atom is 0.213 e. The Balaban J connectivity index is 1.61. The average molecular weight is 344 g/mol. The smallest absolute Gasteiger partial charge is 0.213 e. The number of benzene rings is 3. The van der Waals surface area contributed by atoms with E-state index in [2.05, 4.69) is 65.0 Å². The number of nitrogens with zero attached hydrogens (tertiary/aromatic N) is 2. The fourth-order valence-corrected chi connectivity index (χ4v) is 3.76. The van der Waals surface area contributed by atoms with Gasteiger partial charge in [0.2, 0.25) is 5.79 Å². The highest BCUT2D eigenvalue weighted by atomic mass is 16.7. The molecule has 2 heterocycles. The molecule has 4 aromatic rings. The van der Waals surface area contributed by atoms with Crippen LogP contribution in [-0.2, 0) is 21.8 Å². The molecule has 3 aromatic carbocycles. The van der Waals surface area contributed by atoms with E-state index in [1.807, 2.05) is 24.5 Å². The first-order valence-electron chi connectivity index (χ1n) is 8.94. The topological polar surface area (TPSA) is 36.3 Å². The summed E-state index contributed by atoms with van der Waals surface area (Å²) < 4.78 is 14.7. The predicted octanol–water partition coefficient (Wildman–Crippen LogP) is 4.48. The number of hydrogen-bond acceptors (Lipinski definition) is 3. The quantitative estimate of drug-likeness (QED) is 0.550. The van der Waals surface area contributed by atoms with Gasteiger partial charge in [0.25, 0.3) is 0 Å². The third-order valence-electron chi connectivity index (χ3n) is 5.04. The fraction of sp³-hybridized carbons (Fsp3) is 0.227. The van der Waals surface area contributed by atoms with Gasteiger partial charge in [0.05, 0.1) is 36.6 Å². The van der Waals surface area contributed by atoms with Gasteiger partial charge in [-0.25, -0.2) is 4.98 Å². The van der Waals surface area contributed by atoms with Crippen molar-refractivity contribution in [3.8, 4) is 0 Å². The van der Waals surface area contributed by atoms with E-state index in [1.165, 1.54) is 10.8 Å². The fourth-order valence-electron chi connectivity index (χ4n) is 3.76. The lowest BCUT2D eigenvalue weighted by molar-refractivity contribution is -0.184. The van der Waals surface area contributed by atoms with Gasteiger partial charge in [0, 0.05) is 5.56 Å². The van der Waals surface area contributed by atoms with Gasteiger partial charge >= 0.3 is 0 Å². The summed E-state index contributed by atoms with van der Waals surface area (Å²) in [5, 5.41) is 2.40. The summed E-state index contributed by atoms with van der Waals surface area (Å²) in [6.45, 7) is 3.20. The third kappa shape index (κ3) is 2.50. The van der Waals surface area contributed by atoms with Crippen molar-refractivity contribution in [2.45, 2.75) is 25.4 Å². The lowest BCUT2D eigenvalue weighted by Crippen LogP contribution is -2.33. The summed E-state index contributed by atoms with van der Waals surface area (Å²) in [5.74, 6) is -0.799. The Morgan fingerprint density at radius 1 is 1.04 bits per heavy atom. The Bertz CT molecular complexity index is 1090. The van der Waals surface area contributed by atoms with E-state index in [0.717, 1.165) is 16.6 Å². The van der Waals surface area contributed by atoms with Crippen LogP contribution in [0.3, 0.4) is 0 Å². The number of hydrogen-bond donors (Lipinski definition) is 0. The molecule has 5 rings (SSSR count). The van der Waals surface area contributed by atoms with E-state index < -0.39 is 5.79 Å². The van der Waals surface area contributed by atoms with E-state index in [1.54, 1.807) is 0 Å². The minimum atomic E-state index is -0.799. The molecular formula is C22H20N2O2. The first-order valence-corrected chi connectivity index (χ1v) is 8.94. The Morgan fingerprint density at radius 3 is 2.69 bits per heavy atom. The van der Waals surface area contributed by atoms with Crippen molar-refractivity contribution in [1.29, 1.82) is 0 Å². The first kappa shape index (κ1) is 15.6. The monoisotopic (exact) mass is 344 g/mol. The van der Waals surface area contributed by atoms with E-state index >= 15 is 0 Å². The molecule has 1 aromatic heterocycles. The molecule has 2 unspecified atom stereocenters. The zero-order valence-corrected chi connectivity index (χ0v) is 14.6. The number of ether oxygens (including phenoxy) is 2. The molecule has 2 atom stereocenters. The summed E-state index contributed by atoms with van der Waals surface area (Å²) in [4.78, 5) is 4.51. The normalized spacial score (nSPS) is 23.0. The van der Waals surface area contributed by atoms with E-state index in [9.17, 15) is 0 Å². The van der Waals surface area contributed by atoms with Gasteiger partial charge < -0.3 is 14.0 Å².